The van der Waals surface area contributed by atoms with Gasteiger partial charge >= 0.3 is 0 Å². The molecule has 1 aliphatic rings. The number of rotatable bonds is 2. The third kappa shape index (κ3) is 2.47. The van der Waals surface area contributed by atoms with Crippen LogP contribution in [0.2, 0.25) is 0 Å². The molecule has 2 aromatic rings. The van der Waals surface area contributed by atoms with Crippen LogP contribution in [0.1, 0.15) is 12.0 Å². The molecule has 5 nitrogen and oxygen atoms in total. The third-order valence-corrected chi connectivity index (χ3v) is 3.48. The summed E-state index contributed by atoms with van der Waals surface area (Å²) in [4.78, 5) is 29.4. The summed E-state index contributed by atoms with van der Waals surface area (Å²) in [5.41, 5.74) is 1.91. The van der Waals surface area contributed by atoms with Crippen molar-refractivity contribution in [3.63, 3.8) is 0 Å². The van der Waals surface area contributed by atoms with E-state index in [0.29, 0.717) is 19.5 Å². The number of carbonyl (C=O) groups excluding carboxylic acids is 2. The average Bonchev–Trinajstić information content (AvgIpc) is 2.63. The molecule has 102 valence electrons. The van der Waals surface area contributed by atoms with Crippen LogP contribution >= 0.6 is 0 Å². The Morgan fingerprint density at radius 2 is 2.05 bits per heavy atom. The average molecular weight is 269 g/mol. The number of para-hydroxylation sites is 1. The highest BCUT2D eigenvalue weighted by molar-refractivity contribution is 5.88. The molecule has 1 fully saturated rings. The number of carbonyl (C=O) groups is 2. The fourth-order valence-electron chi connectivity index (χ4n) is 2.40. The minimum atomic E-state index is -0.0723. The lowest BCUT2D eigenvalue weighted by Crippen LogP contribution is -2.34. The molecule has 0 unspecified atom stereocenters. The van der Waals surface area contributed by atoms with Gasteiger partial charge in [0.25, 0.3) is 0 Å². The minimum Gasteiger partial charge on any atom is -0.347 e. The zero-order chi connectivity index (χ0) is 13.9. The lowest BCUT2D eigenvalue weighted by Gasteiger charge is -2.20. The van der Waals surface area contributed by atoms with Crippen molar-refractivity contribution in [2.45, 2.75) is 13.0 Å². The van der Waals surface area contributed by atoms with E-state index in [4.69, 9.17) is 0 Å². The van der Waals surface area contributed by atoms with Gasteiger partial charge in [-0.25, -0.2) is 0 Å². The number of pyridine rings is 1. The molecule has 0 saturated carbocycles. The van der Waals surface area contributed by atoms with Gasteiger partial charge in [0.05, 0.1) is 12.1 Å². The molecule has 0 aliphatic carbocycles. The minimum absolute atomic E-state index is 0.0521. The Hall–Kier alpha value is -2.43. The van der Waals surface area contributed by atoms with E-state index >= 15 is 0 Å². The molecule has 0 spiro atoms. The molecule has 0 radical (unpaired) electrons. The van der Waals surface area contributed by atoms with Crippen molar-refractivity contribution in [3.05, 3.63) is 42.1 Å². The molecule has 2 amide bonds. The lowest BCUT2D eigenvalue weighted by atomic mass is 10.1. The van der Waals surface area contributed by atoms with Gasteiger partial charge in [0, 0.05) is 31.1 Å². The maximum Gasteiger partial charge on any atom is 0.242 e. The third-order valence-electron chi connectivity index (χ3n) is 3.48. The standard InChI is InChI=1S/C15H15N3O2/c19-13-6-8-18(14(20)9-17-13)10-12-4-1-3-11-5-2-7-16-15(11)12/h1-5,7H,6,8-10H2,(H,17,19). The van der Waals surface area contributed by atoms with Crippen LogP contribution in [0.3, 0.4) is 0 Å². The van der Waals surface area contributed by atoms with E-state index in [9.17, 15) is 9.59 Å². The number of benzene rings is 1. The summed E-state index contributed by atoms with van der Waals surface area (Å²) in [7, 11) is 0. The number of nitrogens with one attached hydrogen (secondary N) is 1. The van der Waals surface area contributed by atoms with Gasteiger partial charge in [-0.15, -0.1) is 0 Å². The van der Waals surface area contributed by atoms with E-state index in [0.717, 1.165) is 16.5 Å². The number of amides is 2. The first-order chi connectivity index (χ1) is 9.74. The van der Waals surface area contributed by atoms with E-state index in [1.165, 1.54) is 0 Å². The van der Waals surface area contributed by atoms with E-state index in [1.54, 1.807) is 11.1 Å². The normalized spacial score (nSPS) is 16.1. The van der Waals surface area contributed by atoms with Gasteiger partial charge in [-0.2, -0.15) is 0 Å². The molecule has 1 N–H and O–H groups in total. The van der Waals surface area contributed by atoms with Crippen molar-refractivity contribution in [1.29, 1.82) is 0 Å². The first-order valence-corrected chi connectivity index (χ1v) is 6.61. The molecule has 2 heterocycles. The molecular formula is C15H15N3O2. The fraction of sp³-hybridized carbons (Fsp3) is 0.267. The molecule has 1 aromatic heterocycles. The topological polar surface area (TPSA) is 62.3 Å². The summed E-state index contributed by atoms with van der Waals surface area (Å²) in [6.45, 7) is 1.02. The van der Waals surface area contributed by atoms with E-state index in [2.05, 4.69) is 10.3 Å². The molecule has 3 rings (SSSR count). The van der Waals surface area contributed by atoms with Crippen molar-refractivity contribution in [1.82, 2.24) is 15.2 Å². The summed E-state index contributed by atoms with van der Waals surface area (Å²) in [5, 5.41) is 3.66. The monoisotopic (exact) mass is 269 g/mol. The van der Waals surface area contributed by atoms with Gasteiger partial charge in [0.2, 0.25) is 11.8 Å². The summed E-state index contributed by atoms with van der Waals surface area (Å²) < 4.78 is 0. The van der Waals surface area contributed by atoms with Crippen LogP contribution in [0.15, 0.2) is 36.5 Å². The predicted octanol–water partition coefficient (Wildman–Crippen LogP) is 1.08. The van der Waals surface area contributed by atoms with Crippen LogP contribution in [0.4, 0.5) is 0 Å². The summed E-state index contributed by atoms with van der Waals surface area (Å²) in [6, 6.07) is 9.84. The Bertz CT molecular complexity index is 664. The van der Waals surface area contributed by atoms with Crippen LogP contribution in [0, 0.1) is 0 Å². The highest BCUT2D eigenvalue weighted by Gasteiger charge is 2.20. The van der Waals surface area contributed by atoms with Crippen LogP contribution in [0.25, 0.3) is 10.9 Å². The van der Waals surface area contributed by atoms with Gasteiger partial charge in [0.15, 0.2) is 0 Å². The van der Waals surface area contributed by atoms with E-state index < -0.39 is 0 Å². The molecule has 20 heavy (non-hydrogen) atoms. The molecular weight excluding hydrogens is 254 g/mol. The van der Waals surface area contributed by atoms with Gasteiger partial charge < -0.3 is 10.2 Å². The summed E-state index contributed by atoms with van der Waals surface area (Å²) in [6.07, 6.45) is 2.10. The number of hydrogen-bond donors (Lipinski definition) is 1. The zero-order valence-electron chi connectivity index (χ0n) is 11.0. The van der Waals surface area contributed by atoms with Gasteiger partial charge in [0.1, 0.15) is 0 Å². The quantitative estimate of drug-likeness (QED) is 0.887. The van der Waals surface area contributed by atoms with E-state index in [-0.39, 0.29) is 18.4 Å². The smallest absolute Gasteiger partial charge is 0.242 e. The van der Waals surface area contributed by atoms with Crippen LogP contribution in [0.5, 0.6) is 0 Å². The maximum absolute atomic E-state index is 12.0. The number of fused-ring (bicyclic) bond motifs is 1. The van der Waals surface area contributed by atoms with E-state index in [1.807, 2.05) is 30.3 Å². The highest BCUT2D eigenvalue weighted by atomic mass is 16.2. The summed E-state index contributed by atoms with van der Waals surface area (Å²) in [5.74, 6) is -0.124. The molecule has 1 aromatic carbocycles. The second kappa shape index (κ2) is 5.28. The number of hydrogen-bond acceptors (Lipinski definition) is 3. The van der Waals surface area contributed by atoms with Gasteiger partial charge in [-0.05, 0) is 11.6 Å². The number of aromatic nitrogens is 1. The summed E-state index contributed by atoms with van der Waals surface area (Å²) >= 11 is 0. The highest BCUT2D eigenvalue weighted by Crippen LogP contribution is 2.18. The van der Waals surface area contributed by atoms with Crippen molar-refractivity contribution in [3.8, 4) is 0 Å². The fourth-order valence-corrected chi connectivity index (χ4v) is 2.40. The predicted molar refractivity (Wildman–Crippen MR) is 74.8 cm³/mol. The van der Waals surface area contributed by atoms with Crippen molar-refractivity contribution < 1.29 is 9.59 Å². The van der Waals surface area contributed by atoms with Crippen LogP contribution < -0.4 is 5.32 Å². The zero-order valence-corrected chi connectivity index (χ0v) is 11.0. The first-order valence-electron chi connectivity index (χ1n) is 6.61. The number of nitrogens with zero attached hydrogens (tertiary/aromatic N) is 2. The Morgan fingerprint density at radius 1 is 1.20 bits per heavy atom. The van der Waals surface area contributed by atoms with Gasteiger partial charge in [-0.3, -0.25) is 14.6 Å². The van der Waals surface area contributed by atoms with Crippen molar-refractivity contribution in [2.75, 3.05) is 13.1 Å². The second-order valence-corrected chi connectivity index (χ2v) is 4.83. The Morgan fingerprint density at radius 3 is 2.95 bits per heavy atom. The first kappa shape index (κ1) is 12.6. The van der Waals surface area contributed by atoms with Gasteiger partial charge in [-0.1, -0.05) is 24.3 Å². The van der Waals surface area contributed by atoms with Crippen LogP contribution in [-0.2, 0) is 16.1 Å². The lowest BCUT2D eigenvalue weighted by molar-refractivity contribution is -0.130. The SMILES string of the molecule is O=C1CCN(Cc2cccc3cccnc23)C(=O)CN1. The largest absolute Gasteiger partial charge is 0.347 e. The molecule has 0 bridgehead atoms. The molecule has 1 aliphatic heterocycles. The van der Waals surface area contributed by atoms with Crippen molar-refractivity contribution >= 4 is 22.7 Å². The molecule has 5 heteroatoms. The Kier molecular flexibility index (Phi) is 3.33. The maximum atomic E-state index is 12.0. The second-order valence-electron chi connectivity index (χ2n) is 4.83. The Labute approximate surface area is 116 Å². The Balaban J connectivity index is 1.89. The molecule has 0 atom stereocenters. The molecule has 1 saturated heterocycles. The van der Waals surface area contributed by atoms with Crippen molar-refractivity contribution in [2.24, 2.45) is 0 Å². The van der Waals surface area contributed by atoms with Crippen LogP contribution in [-0.4, -0.2) is 34.8 Å².